The molecule has 3 aromatic rings. The number of hydrogen-bond acceptors (Lipinski definition) is 4. The Morgan fingerprint density at radius 1 is 0.938 bits per heavy atom. The molecule has 1 unspecified atom stereocenters. The van der Waals surface area contributed by atoms with Crippen LogP contribution in [0.4, 0.5) is 4.79 Å². The van der Waals surface area contributed by atoms with Crippen LogP contribution in [0.5, 0.6) is 5.75 Å². The predicted octanol–water partition coefficient (Wildman–Crippen LogP) is 4.59. The zero-order valence-corrected chi connectivity index (χ0v) is 17.7. The molecule has 1 aliphatic rings. The second-order valence-electron chi connectivity index (χ2n) is 7.25. The number of nitrogens with one attached hydrogen (secondary N) is 2. The standard InChI is InChI=1S/C26H24N2O4/c1-2-31-25(29)22-23(19-12-7-4-8-13-19)27-26(30)28-24(22)20-14-9-15-21(16-20)32-17-18-10-5-3-6-11-18/h3-16,24H,2,17H2,1H3,(H2,27,28,30). The van der Waals surface area contributed by atoms with Gasteiger partial charge in [0.05, 0.1) is 23.9 Å². The largest absolute Gasteiger partial charge is 0.489 e. The minimum absolute atomic E-state index is 0.227. The number of amides is 2. The van der Waals surface area contributed by atoms with E-state index in [1.165, 1.54) is 0 Å². The molecular weight excluding hydrogens is 404 g/mol. The lowest BCUT2D eigenvalue weighted by Crippen LogP contribution is -2.45. The van der Waals surface area contributed by atoms with E-state index in [0.29, 0.717) is 23.6 Å². The molecule has 0 aromatic heterocycles. The van der Waals surface area contributed by atoms with Crippen molar-refractivity contribution in [1.29, 1.82) is 0 Å². The Hall–Kier alpha value is -4.06. The van der Waals surface area contributed by atoms with Crippen LogP contribution >= 0.6 is 0 Å². The quantitative estimate of drug-likeness (QED) is 0.540. The van der Waals surface area contributed by atoms with E-state index in [1.807, 2.05) is 84.9 Å². The molecule has 0 saturated carbocycles. The molecule has 0 spiro atoms. The van der Waals surface area contributed by atoms with E-state index in [4.69, 9.17) is 9.47 Å². The summed E-state index contributed by atoms with van der Waals surface area (Å²) in [7, 11) is 0. The lowest BCUT2D eigenvalue weighted by molar-refractivity contribution is -0.138. The molecule has 0 fully saturated rings. The average Bonchev–Trinajstić information content (AvgIpc) is 2.83. The Morgan fingerprint density at radius 3 is 2.38 bits per heavy atom. The highest BCUT2D eigenvalue weighted by Crippen LogP contribution is 2.33. The molecule has 0 aliphatic carbocycles. The summed E-state index contributed by atoms with van der Waals surface area (Å²) in [5.74, 6) is 0.156. The molecule has 1 aliphatic heterocycles. The van der Waals surface area contributed by atoms with Gasteiger partial charge < -0.3 is 20.1 Å². The third-order valence-corrected chi connectivity index (χ3v) is 5.07. The molecule has 162 valence electrons. The van der Waals surface area contributed by atoms with Gasteiger partial charge in [-0.25, -0.2) is 9.59 Å². The van der Waals surface area contributed by atoms with Gasteiger partial charge in [-0.15, -0.1) is 0 Å². The minimum atomic E-state index is -0.682. The van der Waals surface area contributed by atoms with Gasteiger partial charge in [0.1, 0.15) is 12.4 Å². The molecule has 2 amide bonds. The summed E-state index contributed by atoms with van der Waals surface area (Å²) in [5, 5.41) is 5.64. The average molecular weight is 428 g/mol. The van der Waals surface area contributed by atoms with Crippen molar-refractivity contribution >= 4 is 17.7 Å². The second-order valence-corrected chi connectivity index (χ2v) is 7.25. The van der Waals surface area contributed by atoms with Crippen molar-refractivity contribution in [1.82, 2.24) is 10.6 Å². The number of urea groups is 1. The van der Waals surface area contributed by atoms with Gasteiger partial charge in [0.15, 0.2) is 0 Å². The monoisotopic (exact) mass is 428 g/mol. The fourth-order valence-corrected chi connectivity index (χ4v) is 3.60. The molecule has 1 atom stereocenters. The number of carbonyl (C=O) groups is 2. The lowest BCUT2D eigenvalue weighted by Gasteiger charge is -2.29. The molecule has 0 bridgehead atoms. The number of carbonyl (C=O) groups excluding carboxylic acids is 2. The van der Waals surface area contributed by atoms with E-state index in [1.54, 1.807) is 6.92 Å². The van der Waals surface area contributed by atoms with Crippen LogP contribution in [-0.4, -0.2) is 18.6 Å². The van der Waals surface area contributed by atoms with Gasteiger partial charge >= 0.3 is 12.0 Å². The number of ether oxygens (including phenoxy) is 2. The smallest absolute Gasteiger partial charge is 0.338 e. The molecule has 0 radical (unpaired) electrons. The van der Waals surface area contributed by atoms with Gasteiger partial charge in [0.25, 0.3) is 0 Å². The van der Waals surface area contributed by atoms with Crippen LogP contribution in [0.3, 0.4) is 0 Å². The molecule has 1 heterocycles. The Balaban J connectivity index is 1.70. The van der Waals surface area contributed by atoms with Crippen LogP contribution in [0, 0.1) is 0 Å². The fraction of sp³-hybridized carbons (Fsp3) is 0.154. The van der Waals surface area contributed by atoms with E-state index in [9.17, 15) is 9.59 Å². The van der Waals surface area contributed by atoms with Crippen molar-refractivity contribution in [3.8, 4) is 5.75 Å². The predicted molar refractivity (Wildman–Crippen MR) is 122 cm³/mol. The minimum Gasteiger partial charge on any atom is -0.489 e. The SMILES string of the molecule is CCOC(=O)C1=C(c2ccccc2)NC(=O)NC1c1cccc(OCc2ccccc2)c1. The van der Waals surface area contributed by atoms with Crippen molar-refractivity contribution in [2.75, 3.05) is 6.61 Å². The highest BCUT2D eigenvalue weighted by Gasteiger charge is 2.34. The van der Waals surface area contributed by atoms with Crippen LogP contribution in [0.2, 0.25) is 0 Å². The first-order chi connectivity index (χ1) is 15.7. The zero-order chi connectivity index (χ0) is 22.3. The summed E-state index contributed by atoms with van der Waals surface area (Å²) in [5.41, 5.74) is 3.28. The summed E-state index contributed by atoms with van der Waals surface area (Å²) in [6, 6.07) is 25.4. The topological polar surface area (TPSA) is 76.7 Å². The Labute approximate surface area is 186 Å². The summed E-state index contributed by atoms with van der Waals surface area (Å²) in [4.78, 5) is 25.5. The van der Waals surface area contributed by atoms with Crippen molar-refractivity contribution in [2.24, 2.45) is 0 Å². The van der Waals surface area contributed by atoms with Crippen molar-refractivity contribution in [2.45, 2.75) is 19.6 Å². The summed E-state index contributed by atoms with van der Waals surface area (Å²) < 4.78 is 11.3. The Kier molecular flexibility index (Phi) is 6.51. The van der Waals surface area contributed by atoms with Crippen LogP contribution in [0.25, 0.3) is 5.70 Å². The summed E-state index contributed by atoms with van der Waals surface area (Å²) >= 11 is 0. The van der Waals surface area contributed by atoms with Gasteiger partial charge in [-0.1, -0.05) is 72.8 Å². The van der Waals surface area contributed by atoms with Gasteiger partial charge in [0.2, 0.25) is 0 Å². The van der Waals surface area contributed by atoms with Gasteiger partial charge in [-0.3, -0.25) is 0 Å². The number of hydrogen-bond donors (Lipinski definition) is 2. The third-order valence-electron chi connectivity index (χ3n) is 5.07. The maximum Gasteiger partial charge on any atom is 0.338 e. The van der Waals surface area contributed by atoms with E-state index in [2.05, 4.69) is 10.6 Å². The van der Waals surface area contributed by atoms with Crippen molar-refractivity contribution in [3.63, 3.8) is 0 Å². The summed E-state index contributed by atoms with van der Waals surface area (Å²) in [6.45, 7) is 2.40. The van der Waals surface area contributed by atoms with Crippen LogP contribution in [-0.2, 0) is 16.1 Å². The second kappa shape index (κ2) is 9.83. The van der Waals surface area contributed by atoms with Crippen molar-refractivity contribution in [3.05, 3.63) is 107 Å². The fourth-order valence-electron chi connectivity index (χ4n) is 3.60. The molecule has 4 rings (SSSR count). The number of rotatable bonds is 7. The zero-order valence-electron chi connectivity index (χ0n) is 17.7. The van der Waals surface area contributed by atoms with Crippen LogP contribution in [0.15, 0.2) is 90.5 Å². The molecule has 3 aromatic carbocycles. The highest BCUT2D eigenvalue weighted by molar-refractivity contribution is 6.04. The van der Waals surface area contributed by atoms with Crippen LogP contribution < -0.4 is 15.4 Å². The molecular formula is C26H24N2O4. The van der Waals surface area contributed by atoms with Gasteiger partial charge in [-0.2, -0.15) is 0 Å². The van der Waals surface area contributed by atoms with E-state index >= 15 is 0 Å². The highest BCUT2D eigenvalue weighted by atomic mass is 16.5. The molecule has 6 nitrogen and oxygen atoms in total. The maximum atomic E-state index is 13.0. The molecule has 32 heavy (non-hydrogen) atoms. The number of esters is 1. The van der Waals surface area contributed by atoms with Crippen LogP contribution in [0.1, 0.15) is 29.7 Å². The molecule has 6 heteroatoms. The van der Waals surface area contributed by atoms with Gasteiger partial charge in [-0.05, 0) is 35.7 Å². The lowest BCUT2D eigenvalue weighted by atomic mass is 9.92. The first kappa shape index (κ1) is 21.2. The van der Waals surface area contributed by atoms with E-state index in [0.717, 1.165) is 16.7 Å². The Morgan fingerprint density at radius 2 is 1.66 bits per heavy atom. The van der Waals surface area contributed by atoms with Crippen molar-refractivity contribution < 1.29 is 19.1 Å². The maximum absolute atomic E-state index is 13.0. The summed E-state index contributed by atoms with van der Waals surface area (Å²) in [6.07, 6.45) is 0. The Bertz CT molecular complexity index is 1130. The third kappa shape index (κ3) is 4.81. The number of benzene rings is 3. The van der Waals surface area contributed by atoms with E-state index in [-0.39, 0.29) is 6.61 Å². The van der Waals surface area contributed by atoms with E-state index < -0.39 is 18.0 Å². The van der Waals surface area contributed by atoms with Gasteiger partial charge in [0, 0.05) is 0 Å². The molecule has 2 N–H and O–H groups in total. The molecule has 0 saturated heterocycles. The first-order valence-corrected chi connectivity index (χ1v) is 10.5. The normalized spacial score (nSPS) is 15.5. The first-order valence-electron chi connectivity index (χ1n) is 10.5.